The van der Waals surface area contributed by atoms with Crippen LogP contribution < -0.4 is 0 Å². The minimum absolute atomic E-state index is 0.158. The van der Waals surface area contributed by atoms with Gasteiger partial charge in [0.15, 0.2) is 12.4 Å². The predicted octanol–water partition coefficient (Wildman–Crippen LogP) is 0.0284. The summed E-state index contributed by atoms with van der Waals surface area (Å²) < 4.78 is 21.0. The Morgan fingerprint density at radius 1 is 0.933 bits per heavy atom. The van der Waals surface area contributed by atoms with Crippen LogP contribution in [-0.4, -0.2) is 89.0 Å². The first-order valence-corrected chi connectivity index (χ1v) is 10.6. The lowest BCUT2D eigenvalue weighted by atomic mass is 9.99. The molecule has 0 unspecified atom stereocenters. The molecule has 1 rings (SSSR count). The van der Waals surface area contributed by atoms with Crippen molar-refractivity contribution < 1.29 is 49.0 Å². The van der Waals surface area contributed by atoms with E-state index in [0.717, 1.165) is 25.7 Å². The average molecular weight is 436 g/mol. The Kier molecular flexibility index (Phi) is 13.1. The van der Waals surface area contributed by atoms with Gasteiger partial charge in [-0.15, -0.1) is 0 Å². The highest BCUT2D eigenvalue weighted by atomic mass is 16.7. The number of aliphatic hydroxyl groups is 4. The van der Waals surface area contributed by atoms with Crippen molar-refractivity contribution in [2.24, 2.45) is 0 Å². The maximum absolute atomic E-state index is 12.1. The molecule has 1 aliphatic rings. The molecule has 0 radical (unpaired) electrons. The van der Waals surface area contributed by atoms with Crippen molar-refractivity contribution in [3.05, 3.63) is 0 Å². The number of carbonyl (C=O) groups excluding carboxylic acids is 2. The molecule has 1 aliphatic heterocycles. The SMILES string of the molecule is CCCCCCCC(=O)O[C@H](COC(=O)CC)CO[C@@H]1O[C@H](CO)[C@H](O)[C@H](O)[C@H]1O. The summed E-state index contributed by atoms with van der Waals surface area (Å²) in [7, 11) is 0. The fourth-order valence-corrected chi connectivity index (χ4v) is 2.93. The second kappa shape index (κ2) is 14.7. The summed E-state index contributed by atoms with van der Waals surface area (Å²) >= 11 is 0. The van der Waals surface area contributed by atoms with Gasteiger partial charge in [-0.2, -0.15) is 0 Å². The van der Waals surface area contributed by atoms with E-state index >= 15 is 0 Å². The molecule has 1 heterocycles. The first-order valence-electron chi connectivity index (χ1n) is 10.6. The summed E-state index contributed by atoms with van der Waals surface area (Å²) in [5.41, 5.74) is 0. The summed E-state index contributed by atoms with van der Waals surface area (Å²) in [5, 5.41) is 38.9. The fraction of sp³-hybridized carbons (Fsp3) is 0.900. The summed E-state index contributed by atoms with van der Waals surface area (Å²) in [5.74, 6) is -0.926. The van der Waals surface area contributed by atoms with Crippen molar-refractivity contribution in [2.45, 2.75) is 95.6 Å². The van der Waals surface area contributed by atoms with Crippen LogP contribution in [-0.2, 0) is 28.5 Å². The normalized spacial score (nSPS) is 27.5. The van der Waals surface area contributed by atoms with Gasteiger partial charge in [0.25, 0.3) is 0 Å². The van der Waals surface area contributed by atoms with Crippen molar-refractivity contribution in [2.75, 3.05) is 19.8 Å². The molecule has 10 nitrogen and oxygen atoms in total. The summed E-state index contributed by atoms with van der Waals surface area (Å²) in [4.78, 5) is 23.5. The van der Waals surface area contributed by atoms with Crippen molar-refractivity contribution in [1.29, 1.82) is 0 Å². The Balaban J connectivity index is 2.58. The van der Waals surface area contributed by atoms with E-state index in [1.54, 1.807) is 6.92 Å². The van der Waals surface area contributed by atoms with E-state index in [9.17, 15) is 30.0 Å². The molecule has 0 aliphatic carbocycles. The van der Waals surface area contributed by atoms with Crippen LogP contribution >= 0.6 is 0 Å². The number of unbranched alkanes of at least 4 members (excludes halogenated alkanes) is 4. The second-order valence-electron chi connectivity index (χ2n) is 7.34. The van der Waals surface area contributed by atoms with Crippen LogP contribution in [0.5, 0.6) is 0 Å². The maximum atomic E-state index is 12.1. The Labute approximate surface area is 177 Å². The van der Waals surface area contributed by atoms with E-state index in [1.165, 1.54) is 0 Å². The third-order valence-electron chi connectivity index (χ3n) is 4.80. The minimum atomic E-state index is -1.58. The first-order chi connectivity index (χ1) is 14.3. The number of carbonyl (C=O) groups is 2. The molecule has 0 spiro atoms. The standard InChI is InChI=1S/C20H36O10/c1-3-5-6-7-8-9-16(23)29-13(11-27-15(22)4-2)12-28-20-19(26)18(25)17(24)14(10-21)30-20/h13-14,17-21,24-26H,3-12H2,1-2H3/t13-,14-,17+,18+,19-,20-/m1/s1. The fourth-order valence-electron chi connectivity index (χ4n) is 2.93. The molecule has 6 atom stereocenters. The molecule has 0 aromatic carbocycles. The number of hydrogen-bond donors (Lipinski definition) is 4. The summed E-state index contributed by atoms with van der Waals surface area (Å²) in [6.45, 7) is 2.64. The zero-order valence-corrected chi connectivity index (χ0v) is 17.8. The average Bonchev–Trinajstić information content (AvgIpc) is 2.74. The highest BCUT2D eigenvalue weighted by Gasteiger charge is 2.44. The van der Waals surface area contributed by atoms with Gasteiger partial charge in [-0.25, -0.2) is 0 Å². The Hall–Kier alpha value is -1.30. The van der Waals surface area contributed by atoms with Gasteiger partial charge in [0.1, 0.15) is 31.0 Å². The molecule has 30 heavy (non-hydrogen) atoms. The number of ether oxygens (including phenoxy) is 4. The van der Waals surface area contributed by atoms with Crippen LogP contribution in [0.3, 0.4) is 0 Å². The third-order valence-corrected chi connectivity index (χ3v) is 4.80. The number of hydrogen-bond acceptors (Lipinski definition) is 10. The van der Waals surface area contributed by atoms with E-state index in [2.05, 4.69) is 6.92 Å². The molecular weight excluding hydrogens is 400 g/mol. The molecule has 10 heteroatoms. The topological polar surface area (TPSA) is 152 Å². The Bertz CT molecular complexity index is 498. The highest BCUT2D eigenvalue weighted by Crippen LogP contribution is 2.22. The third kappa shape index (κ3) is 9.23. The lowest BCUT2D eigenvalue weighted by Crippen LogP contribution is -2.59. The molecule has 176 valence electrons. The van der Waals surface area contributed by atoms with Crippen LogP contribution in [0, 0.1) is 0 Å². The molecular formula is C20H36O10. The summed E-state index contributed by atoms with van der Waals surface area (Å²) in [6.07, 6.45) is -2.83. The van der Waals surface area contributed by atoms with Gasteiger partial charge in [-0.05, 0) is 6.42 Å². The van der Waals surface area contributed by atoms with E-state index in [-0.39, 0.29) is 26.1 Å². The van der Waals surface area contributed by atoms with Gasteiger partial charge in [0.05, 0.1) is 13.2 Å². The second-order valence-corrected chi connectivity index (χ2v) is 7.34. The van der Waals surface area contributed by atoms with Crippen LogP contribution in [0.1, 0.15) is 58.8 Å². The molecule has 1 saturated heterocycles. The molecule has 0 saturated carbocycles. The van der Waals surface area contributed by atoms with Gasteiger partial charge in [-0.1, -0.05) is 39.5 Å². The molecule has 0 aromatic heterocycles. The van der Waals surface area contributed by atoms with Crippen molar-refractivity contribution in [1.82, 2.24) is 0 Å². The lowest BCUT2D eigenvalue weighted by molar-refractivity contribution is -0.305. The van der Waals surface area contributed by atoms with Gasteiger partial charge in [-0.3, -0.25) is 9.59 Å². The van der Waals surface area contributed by atoms with E-state index in [4.69, 9.17) is 18.9 Å². The zero-order valence-electron chi connectivity index (χ0n) is 17.8. The Morgan fingerprint density at radius 2 is 1.63 bits per heavy atom. The van der Waals surface area contributed by atoms with Crippen molar-refractivity contribution in [3.8, 4) is 0 Å². The molecule has 4 N–H and O–H groups in total. The van der Waals surface area contributed by atoms with Crippen LogP contribution in [0.25, 0.3) is 0 Å². The Morgan fingerprint density at radius 3 is 2.27 bits per heavy atom. The van der Waals surface area contributed by atoms with Gasteiger partial charge in [0.2, 0.25) is 0 Å². The zero-order chi connectivity index (χ0) is 22.5. The first kappa shape index (κ1) is 26.7. The summed E-state index contributed by atoms with van der Waals surface area (Å²) in [6, 6.07) is 0. The van der Waals surface area contributed by atoms with E-state index < -0.39 is 55.4 Å². The molecule has 0 bridgehead atoms. The monoisotopic (exact) mass is 436 g/mol. The van der Waals surface area contributed by atoms with Gasteiger partial charge in [0, 0.05) is 12.8 Å². The minimum Gasteiger partial charge on any atom is -0.462 e. The van der Waals surface area contributed by atoms with Crippen molar-refractivity contribution >= 4 is 11.9 Å². The lowest BCUT2D eigenvalue weighted by Gasteiger charge is -2.39. The highest BCUT2D eigenvalue weighted by molar-refractivity contribution is 5.70. The largest absolute Gasteiger partial charge is 0.462 e. The predicted molar refractivity (Wildman–Crippen MR) is 104 cm³/mol. The van der Waals surface area contributed by atoms with Gasteiger partial charge < -0.3 is 39.4 Å². The van der Waals surface area contributed by atoms with E-state index in [1.807, 2.05) is 0 Å². The van der Waals surface area contributed by atoms with Crippen LogP contribution in [0.2, 0.25) is 0 Å². The van der Waals surface area contributed by atoms with Crippen LogP contribution in [0.4, 0.5) is 0 Å². The number of rotatable bonds is 14. The van der Waals surface area contributed by atoms with Crippen molar-refractivity contribution in [3.63, 3.8) is 0 Å². The maximum Gasteiger partial charge on any atom is 0.306 e. The molecule has 0 aromatic rings. The van der Waals surface area contributed by atoms with Crippen LogP contribution in [0.15, 0.2) is 0 Å². The molecule has 0 amide bonds. The number of esters is 2. The quantitative estimate of drug-likeness (QED) is 0.217. The van der Waals surface area contributed by atoms with Gasteiger partial charge >= 0.3 is 11.9 Å². The van der Waals surface area contributed by atoms with E-state index in [0.29, 0.717) is 6.42 Å². The number of aliphatic hydroxyl groups excluding tert-OH is 4. The smallest absolute Gasteiger partial charge is 0.306 e. The molecule has 1 fully saturated rings.